The molecule has 0 saturated heterocycles. The van der Waals surface area contributed by atoms with Crippen molar-refractivity contribution < 1.29 is 0 Å². The van der Waals surface area contributed by atoms with Crippen LogP contribution in [0.1, 0.15) is 12.5 Å². The number of halogens is 1. The van der Waals surface area contributed by atoms with Crippen LogP contribution in [0.4, 0.5) is 0 Å². The van der Waals surface area contributed by atoms with E-state index in [4.69, 9.17) is 11.6 Å². The number of benzene rings is 2. The van der Waals surface area contributed by atoms with E-state index in [0.29, 0.717) is 0 Å². The van der Waals surface area contributed by atoms with Crippen LogP contribution in [0, 0.1) is 0 Å². The van der Waals surface area contributed by atoms with Crippen molar-refractivity contribution in [2.75, 3.05) is 0 Å². The van der Waals surface area contributed by atoms with Gasteiger partial charge in [-0.1, -0.05) is 42.4 Å². The van der Waals surface area contributed by atoms with Crippen molar-refractivity contribution in [2.45, 2.75) is 23.1 Å². The molecule has 82 valence electrons. The summed E-state index contributed by atoms with van der Waals surface area (Å²) in [6.07, 6.45) is 1.09. The van der Waals surface area contributed by atoms with Crippen molar-refractivity contribution in [2.24, 2.45) is 0 Å². The van der Waals surface area contributed by atoms with Gasteiger partial charge in [0.1, 0.15) is 0 Å². The zero-order valence-corrected chi connectivity index (χ0v) is 10.7. The maximum Gasteiger partial charge on any atom is 0.0406 e. The standard InChI is InChI=1S/C14H13ClS/c1-2-11-3-7-13(8-4-11)16-14-9-5-12(15)6-10-14/h3-10H,2H2,1H3. The van der Waals surface area contributed by atoms with Crippen molar-refractivity contribution in [1.82, 2.24) is 0 Å². The van der Waals surface area contributed by atoms with Crippen molar-refractivity contribution in [1.29, 1.82) is 0 Å². The molecule has 2 aromatic carbocycles. The van der Waals surface area contributed by atoms with E-state index in [0.717, 1.165) is 11.4 Å². The predicted molar refractivity (Wildman–Crippen MR) is 71.4 cm³/mol. The Hall–Kier alpha value is -0.920. The molecule has 0 radical (unpaired) electrons. The van der Waals surface area contributed by atoms with Crippen LogP contribution in [0.2, 0.25) is 5.02 Å². The molecular weight excluding hydrogens is 236 g/mol. The molecule has 0 fully saturated rings. The molecule has 0 atom stereocenters. The van der Waals surface area contributed by atoms with Crippen LogP contribution >= 0.6 is 23.4 Å². The first-order valence-electron chi connectivity index (χ1n) is 5.30. The Bertz CT molecular complexity index is 445. The fourth-order valence-electron chi connectivity index (χ4n) is 1.43. The molecule has 0 saturated carbocycles. The average Bonchev–Trinajstić information content (AvgIpc) is 2.33. The SMILES string of the molecule is CCc1ccc(Sc2ccc(Cl)cc2)cc1. The van der Waals surface area contributed by atoms with Crippen molar-refractivity contribution in [3.63, 3.8) is 0 Å². The summed E-state index contributed by atoms with van der Waals surface area (Å²) >= 11 is 7.60. The quantitative estimate of drug-likeness (QED) is 0.732. The fourth-order valence-corrected chi connectivity index (χ4v) is 2.37. The van der Waals surface area contributed by atoms with E-state index in [2.05, 4.69) is 31.2 Å². The molecule has 0 heterocycles. The average molecular weight is 249 g/mol. The topological polar surface area (TPSA) is 0 Å². The molecule has 2 aromatic rings. The maximum absolute atomic E-state index is 5.84. The van der Waals surface area contributed by atoms with E-state index < -0.39 is 0 Å². The number of rotatable bonds is 3. The molecule has 0 aliphatic heterocycles. The summed E-state index contributed by atoms with van der Waals surface area (Å²) in [4.78, 5) is 2.48. The second kappa shape index (κ2) is 5.42. The molecule has 0 bridgehead atoms. The summed E-state index contributed by atoms with van der Waals surface area (Å²) in [6, 6.07) is 16.6. The van der Waals surface area contributed by atoms with Gasteiger partial charge in [-0.25, -0.2) is 0 Å². The highest BCUT2D eigenvalue weighted by Crippen LogP contribution is 2.28. The molecule has 16 heavy (non-hydrogen) atoms. The first-order valence-corrected chi connectivity index (χ1v) is 6.50. The number of hydrogen-bond acceptors (Lipinski definition) is 1. The van der Waals surface area contributed by atoms with Crippen LogP contribution in [0.5, 0.6) is 0 Å². The number of aryl methyl sites for hydroxylation is 1. The Kier molecular flexibility index (Phi) is 3.92. The van der Waals surface area contributed by atoms with Gasteiger partial charge < -0.3 is 0 Å². The summed E-state index contributed by atoms with van der Waals surface area (Å²) in [5.41, 5.74) is 1.38. The summed E-state index contributed by atoms with van der Waals surface area (Å²) in [5, 5.41) is 0.783. The van der Waals surface area contributed by atoms with E-state index in [1.165, 1.54) is 15.4 Å². The molecule has 0 unspecified atom stereocenters. The smallest absolute Gasteiger partial charge is 0.0406 e. The van der Waals surface area contributed by atoms with Gasteiger partial charge in [-0.3, -0.25) is 0 Å². The van der Waals surface area contributed by atoms with Crippen LogP contribution in [-0.2, 0) is 6.42 Å². The Labute approximate surface area is 106 Å². The van der Waals surface area contributed by atoms with Gasteiger partial charge in [0.2, 0.25) is 0 Å². The molecule has 0 amide bonds. The van der Waals surface area contributed by atoms with Gasteiger partial charge >= 0.3 is 0 Å². The summed E-state index contributed by atoms with van der Waals surface area (Å²) in [6.45, 7) is 2.17. The van der Waals surface area contributed by atoms with Gasteiger partial charge in [-0.15, -0.1) is 0 Å². The summed E-state index contributed by atoms with van der Waals surface area (Å²) in [7, 11) is 0. The van der Waals surface area contributed by atoms with E-state index >= 15 is 0 Å². The molecule has 2 rings (SSSR count). The van der Waals surface area contributed by atoms with Crippen molar-refractivity contribution >= 4 is 23.4 Å². The minimum Gasteiger partial charge on any atom is -0.0901 e. The third kappa shape index (κ3) is 3.03. The zero-order valence-electron chi connectivity index (χ0n) is 9.11. The molecular formula is C14H13ClS. The summed E-state index contributed by atoms with van der Waals surface area (Å²) < 4.78 is 0. The van der Waals surface area contributed by atoms with Crippen LogP contribution in [-0.4, -0.2) is 0 Å². The molecule has 0 nitrogen and oxygen atoms in total. The van der Waals surface area contributed by atoms with Crippen LogP contribution in [0.25, 0.3) is 0 Å². The largest absolute Gasteiger partial charge is 0.0901 e. The van der Waals surface area contributed by atoms with Gasteiger partial charge in [0.15, 0.2) is 0 Å². The van der Waals surface area contributed by atoms with Crippen LogP contribution < -0.4 is 0 Å². The van der Waals surface area contributed by atoms with E-state index in [9.17, 15) is 0 Å². The van der Waals surface area contributed by atoms with Crippen molar-refractivity contribution in [3.8, 4) is 0 Å². The molecule has 0 aliphatic carbocycles. The Morgan fingerprint density at radius 2 is 1.38 bits per heavy atom. The first kappa shape index (κ1) is 11.6. The van der Waals surface area contributed by atoms with Gasteiger partial charge in [0.25, 0.3) is 0 Å². The van der Waals surface area contributed by atoms with E-state index in [1.807, 2.05) is 24.3 Å². The molecule has 0 aromatic heterocycles. The zero-order chi connectivity index (χ0) is 11.4. The van der Waals surface area contributed by atoms with Gasteiger partial charge in [0.05, 0.1) is 0 Å². The van der Waals surface area contributed by atoms with Crippen LogP contribution in [0.15, 0.2) is 58.3 Å². The van der Waals surface area contributed by atoms with Crippen molar-refractivity contribution in [3.05, 3.63) is 59.1 Å². The lowest BCUT2D eigenvalue weighted by Gasteiger charge is -2.03. The Morgan fingerprint density at radius 1 is 0.875 bits per heavy atom. The lowest BCUT2D eigenvalue weighted by atomic mass is 10.2. The third-order valence-corrected chi connectivity index (χ3v) is 3.65. The maximum atomic E-state index is 5.84. The molecule has 0 N–H and O–H groups in total. The van der Waals surface area contributed by atoms with Gasteiger partial charge in [0, 0.05) is 14.8 Å². The van der Waals surface area contributed by atoms with Gasteiger partial charge in [-0.05, 0) is 48.4 Å². The lowest BCUT2D eigenvalue weighted by molar-refractivity contribution is 1.13. The highest BCUT2D eigenvalue weighted by atomic mass is 35.5. The van der Waals surface area contributed by atoms with E-state index in [-0.39, 0.29) is 0 Å². The molecule has 2 heteroatoms. The predicted octanol–water partition coefficient (Wildman–Crippen LogP) is 5.05. The van der Waals surface area contributed by atoms with E-state index in [1.54, 1.807) is 11.8 Å². The minimum atomic E-state index is 0.783. The first-order chi connectivity index (χ1) is 7.78. The minimum absolute atomic E-state index is 0.783. The summed E-state index contributed by atoms with van der Waals surface area (Å²) in [5.74, 6) is 0. The second-order valence-corrected chi connectivity index (χ2v) is 5.14. The fraction of sp³-hybridized carbons (Fsp3) is 0.143. The van der Waals surface area contributed by atoms with Gasteiger partial charge in [-0.2, -0.15) is 0 Å². The second-order valence-electron chi connectivity index (χ2n) is 3.55. The third-order valence-electron chi connectivity index (χ3n) is 2.38. The Morgan fingerprint density at radius 3 is 1.88 bits per heavy atom. The highest BCUT2D eigenvalue weighted by Gasteiger charge is 1.97. The number of hydrogen-bond donors (Lipinski definition) is 0. The van der Waals surface area contributed by atoms with Crippen LogP contribution in [0.3, 0.4) is 0 Å². The lowest BCUT2D eigenvalue weighted by Crippen LogP contribution is -1.79. The highest BCUT2D eigenvalue weighted by molar-refractivity contribution is 7.99. The normalized spacial score (nSPS) is 10.4. The molecule has 0 spiro atoms. The monoisotopic (exact) mass is 248 g/mol. The Balaban J connectivity index is 2.11. The molecule has 0 aliphatic rings.